The predicted octanol–water partition coefficient (Wildman–Crippen LogP) is 2.25. The maximum absolute atomic E-state index is 12.0. The normalized spacial score (nSPS) is 15.4. The molecular formula is C15H22ClN3O2S. The highest BCUT2D eigenvalue weighted by Gasteiger charge is 2.22. The Balaban J connectivity index is 0.00000242. The molecule has 2 rings (SSSR count). The first-order valence-electron chi connectivity index (χ1n) is 7.07. The Kier molecular flexibility index (Phi) is 7.72. The summed E-state index contributed by atoms with van der Waals surface area (Å²) in [6.07, 6.45) is 4.11. The minimum absolute atomic E-state index is 0. The average molecular weight is 344 g/mol. The predicted molar refractivity (Wildman–Crippen MR) is 94.9 cm³/mol. The van der Waals surface area contributed by atoms with Crippen LogP contribution in [0.4, 0.5) is 11.4 Å². The molecule has 1 saturated heterocycles. The van der Waals surface area contributed by atoms with E-state index < -0.39 is 6.04 Å². The van der Waals surface area contributed by atoms with Crippen molar-refractivity contribution in [3.8, 4) is 0 Å². The number of hydrogen-bond donors (Lipinski definition) is 2. The number of nitrogens with zero attached hydrogens (tertiary/aromatic N) is 1. The Hall–Kier alpha value is -1.24. The van der Waals surface area contributed by atoms with Crippen molar-refractivity contribution in [1.29, 1.82) is 0 Å². The fraction of sp³-hybridized carbons (Fsp3) is 0.467. The van der Waals surface area contributed by atoms with Crippen molar-refractivity contribution >= 4 is 47.4 Å². The van der Waals surface area contributed by atoms with Crippen LogP contribution in [0.3, 0.4) is 0 Å². The van der Waals surface area contributed by atoms with Crippen LogP contribution in [0.2, 0.25) is 0 Å². The van der Waals surface area contributed by atoms with Crippen LogP contribution in [-0.2, 0) is 9.59 Å². The minimum atomic E-state index is -0.505. The number of rotatable bonds is 6. The van der Waals surface area contributed by atoms with E-state index in [2.05, 4.69) is 5.32 Å². The Bertz CT molecular complexity index is 527. The highest BCUT2D eigenvalue weighted by atomic mass is 35.5. The van der Waals surface area contributed by atoms with Crippen molar-refractivity contribution < 1.29 is 9.59 Å². The van der Waals surface area contributed by atoms with Crippen LogP contribution in [0.15, 0.2) is 24.3 Å². The van der Waals surface area contributed by atoms with Gasteiger partial charge in [-0.2, -0.15) is 11.8 Å². The Morgan fingerprint density at radius 3 is 2.91 bits per heavy atom. The Morgan fingerprint density at radius 1 is 1.50 bits per heavy atom. The molecule has 3 N–H and O–H groups in total. The van der Waals surface area contributed by atoms with Crippen molar-refractivity contribution in [2.24, 2.45) is 5.73 Å². The van der Waals surface area contributed by atoms with Crippen molar-refractivity contribution in [2.75, 3.05) is 28.8 Å². The summed E-state index contributed by atoms with van der Waals surface area (Å²) in [6.45, 7) is 0.740. The van der Waals surface area contributed by atoms with Crippen molar-refractivity contribution in [3.05, 3.63) is 24.3 Å². The summed E-state index contributed by atoms with van der Waals surface area (Å²) in [4.78, 5) is 25.5. The average Bonchev–Trinajstić information content (AvgIpc) is 2.91. The van der Waals surface area contributed by atoms with Gasteiger partial charge in [0.25, 0.3) is 0 Å². The van der Waals surface area contributed by atoms with Crippen molar-refractivity contribution in [2.45, 2.75) is 25.3 Å². The van der Waals surface area contributed by atoms with E-state index in [0.717, 1.165) is 24.4 Å². The van der Waals surface area contributed by atoms with Crippen LogP contribution < -0.4 is 16.0 Å². The number of nitrogens with two attached hydrogens (primary N) is 1. The first-order chi connectivity index (χ1) is 10.1. The zero-order valence-electron chi connectivity index (χ0n) is 12.6. The number of halogens is 1. The second-order valence-corrected chi connectivity index (χ2v) is 6.06. The lowest BCUT2D eigenvalue weighted by molar-refractivity contribution is -0.118. The van der Waals surface area contributed by atoms with Crippen LogP contribution in [0.1, 0.15) is 19.3 Å². The van der Waals surface area contributed by atoms with E-state index in [9.17, 15) is 9.59 Å². The Morgan fingerprint density at radius 2 is 2.27 bits per heavy atom. The highest BCUT2D eigenvalue weighted by molar-refractivity contribution is 7.98. The van der Waals surface area contributed by atoms with E-state index in [4.69, 9.17) is 5.73 Å². The largest absolute Gasteiger partial charge is 0.325 e. The highest BCUT2D eigenvalue weighted by Crippen LogP contribution is 2.24. The van der Waals surface area contributed by atoms with Gasteiger partial charge in [0.05, 0.1) is 6.04 Å². The molecule has 22 heavy (non-hydrogen) atoms. The number of carbonyl (C=O) groups is 2. The van der Waals surface area contributed by atoms with E-state index in [0.29, 0.717) is 18.5 Å². The molecule has 1 aromatic carbocycles. The molecule has 0 aromatic heterocycles. The second-order valence-electron chi connectivity index (χ2n) is 5.08. The van der Waals surface area contributed by atoms with Crippen molar-refractivity contribution in [3.63, 3.8) is 0 Å². The molecule has 0 saturated carbocycles. The number of anilines is 2. The molecule has 1 atom stereocenters. The Labute approximate surface area is 141 Å². The monoisotopic (exact) mass is 343 g/mol. The van der Waals surface area contributed by atoms with Gasteiger partial charge in [0.15, 0.2) is 0 Å². The topological polar surface area (TPSA) is 75.4 Å². The molecule has 1 aromatic rings. The van der Waals surface area contributed by atoms with Crippen LogP contribution in [0, 0.1) is 0 Å². The molecule has 0 aliphatic carbocycles. The molecule has 122 valence electrons. The third kappa shape index (κ3) is 4.90. The lowest BCUT2D eigenvalue weighted by atomic mass is 10.2. The van der Waals surface area contributed by atoms with Crippen molar-refractivity contribution in [1.82, 2.24) is 0 Å². The molecule has 0 bridgehead atoms. The van der Waals surface area contributed by atoms with Gasteiger partial charge in [-0.1, -0.05) is 6.07 Å². The lowest BCUT2D eigenvalue weighted by Crippen LogP contribution is -2.36. The van der Waals surface area contributed by atoms with E-state index >= 15 is 0 Å². The van der Waals surface area contributed by atoms with Crippen LogP contribution in [0.25, 0.3) is 0 Å². The molecule has 1 aliphatic heterocycles. The fourth-order valence-electron chi connectivity index (χ4n) is 2.28. The molecular weight excluding hydrogens is 322 g/mol. The number of amides is 2. The third-order valence-corrected chi connectivity index (χ3v) is 4.11. The molecule has 5 nitrogen and oxygen atoms in total. The standard InChI is InChI=1S/C15H21N3O2S.ClH/c1-21-9-7-13(16)15(20)17-11-4-2-5-12(10-11)18-8-3-6-14(18)19;/h2,4-5,10,13H,3,6-9,16H2,1H3,(H,17,20);1H/t13-;/m0./s1. The molecule has 0 radical (unpaired) electrons. The van der Waals surface area contributed by atoms with Gasteiger partial charge in [0, 0.05) is 24.3 Å². The molecule has 0 spiro atoms. The summed E-state index contributed by atoms with van der Waals surface area (Å²) >= 11 is 1.67. The zero-order valence-corrected chi connectivity index (χ0v) is 14.2. The van der Waals surface area contributed by atoms with Crippen LogP contribution >= 0.6 is 24.2 Å². The first-order valence-corrected chi connectivity index (χ1v) is 8.47. The summed E-state index contributed by atoms with van der Waals surface area (Å²) in [6, 6.07) is 6.84. The molecule has 1 aliphatic rings. The van der Waals surface area contributed by atoms with Crippen LogP contribution in [0.5, 0.6) is 0 Å². The van der Waals surface area contributed by atoms with Crippen LogP contribution in [-0.4, -0.2) is 36.4 Å². The first kappa shape index (κ1) is 18.8. The summed E-state index contributed by atoms with van der Waals surface area (Å²) in [5.74, 6) is 0.806. The van der Waals surface area contributed by atoms with Gasteiger partial charge in [-0.05, 0) is 43.0 Å². The number of carbonyl (C=O) groups excluding carboxylic acids is 2. The zero-order chi connectivity index (χ0) is 15.2. The lowest BCUT2D eigenvalue weighted by Gasteiger charge is -2.17. The summed E-state index contributed by atoms with van der Waals surface area (Å²) in [5, 5.41) is 2.82. The maximum atomic E-state index is 12.0. The SMILES string of the molecule is CSCC[C@H](N)C(=O)Nc1cccc(N2CCCC2=O)c1.Cl. The van der Waals surface area contributed by atoms with Gasteiger partial charge in [-0.25, -0.2) is 0 Å². The molecule has 1 heterocycles. The number of benzene rings is 1. The van der Waals surface area contributed by atoms with Gasteiger partial charge in [0.2, 0.25) is 11.8 Å². The molecule has 1 fully saturated rings. The third-order valence-electron chi connectivity index (χ3n) is 3.47. The summed E-state index contributed by atoms with van der Waals surface area (Å²) < 4.78 is 0. The van der Waals surface area contributed by atoms with Gasteiger partial charge in [-0.3, -0.25) is 9.59 Å². The number of nitrogens with one attached hydrogen (secondary N) is 1. The van der Waals surface area contributed by atoms with E-state index in [1.54, 1.807) is 16.7 Å². The summed E-state index contributed by atoms with van der Waals surface area (Å²) in [5.41, 5.74) is 7.35. The maximum Gasteiger partial charge on any atom is 0.241 e. The fourth-order valence-corrected chi connectivity index (χ4v) is 2.77. The number of thioether (sulfide) groups is 1. The van der Waals surface area contributed by atoms with Gasteiger partial charge < -0.3 is 16.0 Å². The van der Waals surface area contributed by atoms with Gasteiger partial charge >= 0.3 is 0 Å². The molecule has 2 amide bonds. The quantitative estimate of drug-likeness (QED) is 0.830. The molecule has 0 unspecified atom stereocenters. The van der Waals surface area contributed by atoms with E-state index in [1.165, 1.54) is 0 Å². The second kappa shape index (κ2) is 9.02. The smallest absolute Gasteiger partial charge is 0.241 e. The summed E-state index contributed by atoms with van der Waals surface area (Å²) in [7, 11) is 0. The van der Waals surface area contributed by atoms with E-state index in [-0.39, 0.29) is 24.2 Å². The van der Waals surface area contributed by atoms with Gasteiger partial charge in [0.1, 0.15) is 0 Å². The van der Waals surface area contributed by atoms with E-state index in [1.807, 2.05) is 30.5 Å². The number of hydrogen-bond acceptors (Lipinski definition) is 4. The molecule has 7 heteroatoms. The van der Waals surface area contributed by atoms with Gasteiger partial charge in [-0.15, -0.1) is 12.4 Å². The minimum Gasteiger partial charge on any atom is -0.325 e.